The largest absolute Gasteiger partial charge is 0.349 e. The van der Waals surface area contributed by atoms with Gasteiger partial charge in [-0.25, -0.2) is 4.39 Å². The Bertz CT molecular complexity index is 530. The first-order chi connectivity index (χ1) is 10.1. The van der Waals surface area contributed by atoms with Gasteiger partial charge in [0.25, 0.3) is 5.91 Å². The van der Waals surface area contributed by atoms with Crippen LogP contribution in [0.15, 0.2) is 18.2 Å². The van der Waals surface area contributed by atoms with Crippen LogP contribution < -0.4 is 10.6 Å². The summed E-state index contributed by atoms with van der Waals surface area (Å²) in [5, 5.41) is 6.44. The molecular formula is C17H23FN2O. The number of hydrogen-bond acceptors (Lipinski definition) is 2. The molecule has 0 radical (unpaired) electrons. The molecule has 0 bridgehead atoms. The zero-order chi connectivity index (χ0) is 14.9. The second-order valence-electron chi connectivity index (χ2n) is 6.53. The van der Waals surface area contributed by atoms with Gasteiger partial charge in [-0.2, -0.15) is 0 Å². The van der Waals surface area contributed by atoms with E-state index in [2.05, 4.69) is 10.6 Å². The van der Waals surface area contributed by atoms with Gasteiger partial charge in [0.05, 0.1) is 0 Å². The minimum Gasteiger partial charge on any atom is -0.349 e. The van der Waals surface area contributed by atoms with Crippen molar-refractivity contribution in [1.82, 2.24) is 10.6 Å². The van der Waals surface area contributed by atoms with E-state index >= 15 is 0 Å². The second-order valence-corrected chi connectivity index (χ2v) is 6.53. The number of amides is 1. The predicted octanol–water partition coefficient (Wildman–Crippen LogP) is 2.65. The molecular weight excluding hydrogens is 267 g/mol. The smallest absolute Gasteiger partial charge is 0.251 e. The van der Waals surface area contributed by atoms with E-state index in [1.807, 2.05) is 6.92 Å². The van der Waals surface area contributed by atoms with Gasteiger partial charge in [0.2, 0.25) is 0 Å². The fourth-order valence-electron chi connectivity index (χ4n) is 3.71. The Hall–Kier alpha value is -1.42. The van der Waals surface area contributed by atoms with Crippen molar-refractivity contribution in [2.24, 2.45) is 5.41 Å². The molecule has 2 N–H and O–H groups in total. The topological polar surface area (TPSA) is 41.1 Å². The number of carbonyl (C=O) groups is 1. The second kappa shape index (κ2) is 5.76. The average molecular weight is 290 g/mol. The summed E-state index contributed by atoms with van der Waals surface area (Å²) in [6, 6.07) is 4.86. The molecule has 1 aliphatic heterocycles. The van der Waals surface area contributed by atoms with E-state index in [0.717, 1.165) is 37.9 Å². The molecule has 1 aliphatic carbocycles. The van der Waals surface area contributed by atoms with E-state index < -0.39 is 0 Å². The third-order valence-corrected chi connectivity index (χ3v) is 4.99. The summed E-state index contributed by atoms with van der Waals surface area (Å²) in [6.07, 6.45) is 5.28. The van der Waals surface area contributed by atoms with E-state index in [9.17, 15) is 9.18 Å². The average Bonchev–Trinajstić information content (AvgIpc) is 2.46. The molecule has 3 nitrogen and oxygen atoms in total. The number of halogens is 1. The van der Waals surface area contributed by atoms with Crippen LogP contribution in [0.4, 0.5) is 4.39 Å². The van der Waals surface area contributed by atoms with Crippen LogP contribution in [0.3, 0.4) is 0 Å². The molecule has 21 heavy (non-hydrogen) atoms. The van der Waals surface area contributed by atoms with Crippen LogP contribution in [0, 0.1) is 11.2 Å². The van der Waals surface area contributed by atoms with Crippen LogP contribution in [0.2, 0.25) is 0 Å². The van der Waals surface area contributed by atoms with Crippen LogP contribution in [-0.4, -0.2) is 25.0 Å². The molecule has 1 aromatic rings. The quantitative estimate of drug-likeness (QED) is 0.898. The van der Waals surface area contributed by atoms with Gasteiger partial charge in [0.1, 0.15) is 5.82 Å². The number of piperidine rings is 1. The SMILES string of the molecule is CCc1cc(F)cc(C(=O)NC2CC3(CCNCC3)C2)c1. The highest BCUT2D eigenvalue weighted by Gasteiger charge is 2.44. The van der Waals surface area contributed by atoms with Gasteiger partial charge >= 0.3 is 0 Å². The number of rotatable bonds is 3. The number of benzene rings is 1. The normalized spacial score (nSPS) is 21.0. The fourth-order valence-corrected chi connectivity index (χ4v) is 3.71. The third kappa shape index (κ3) is 3.10. The Morgan fingerprint density at radius 1 is 1.33 bits per heavy atom. The first-order valence-corrected chi connectivity index (χ1v) is 7.91. The molecule has 1 saturated carbocycles. The van der Waals surface area contributed by atoms with Gasteiger partial charge in [-0.15, -0.1) is 0 Å². The molecule has 0 atom stereocenters. The molecule has 1 heterocycles. The number of nitrogens with one attached hydrogen (secondary N) is 2. The molecule has 3 rings (SSSR count). The van der Waals surface area contributed by atoms with Gasteiger partial charge in [0, 0.05) is 11.6 Å². The lowest BCUT2D eigenvalue weighted by atomic mass is 9.60. The summed E-state index contributed by atoms with van der Waals surface area (Å²) in [5.74, 6) is -0.471. The number of aryl methyl sites for hydroxylation is 1. The van der Waals surface area contributed by atoms with Crippen LogP contribution >= 0.6 is 0 Å². The Kier molecular flexibility index (Phi) is 3.98. The Morgan fingerprint density at radius 3 is 2.71 bits per heavy atom. The van der Waals surface area contributed by atoms with E-state index in [0.29, 0.717) is 11.0 Å². The molecule has 1 spiro atoms. The minimum atomic E-state index is -0.331. The van der Waals surface area contributed by atoms with Crippen LogP contribution in [0.25, 0.3) is 0 Å². The van der Waals surface area contributed by atoms with Crippen LogP contribution in [0.1, 0.15) is 48.5 Å². The molecule has 1 amide bonds. The van der Waals surface area contributed by atoms with Crippen molar-refractivity contribution < 1.29 is 9.18 Å². The van der Waals surface area contributed by atoms with Crippen molar-refractivity contribution in [3.63, 3.8) is 0 Å². The van der Waals surface area contributed by atoms with E-state index in [1.165, 1.54) is 25.0 Å². The van der Waals surface area contributed by atoms with Gasteiger partial charge in [0.15, 0.2) is 0 Å². The monoisotopic (exact) mass is 290 g/mol. The van der Waals surface area contributed by atoms with Crippen molar-refractivity contribution in [1.29, 1.82) is 0 Å². The van der Waals surface area contributed by atoms with Crippen molar-refractivity contribution >= 4 is 5.91 Å². The standard InChI is InChI=1S/C17H23FN2O/c1-2-12-7-13(9-14(18)8-12)16(21)20-15-10-17(11-15)3-5-19-6-4-17/h7-9,15,19H,2-6,10-11H2,1H3,(H,20,21). The fraction of sp³-hybridized carbons (Fsp3) is 0.588. The van der Waals surface area contributed by atoms with E-state index in [1.54, 1.807) is 6.07 Å². The molecule has 1 saturated heterocycles. The molecule has 1 aromatic carbocycles. The lowest BCUT2D eigenvalue weighted by Gasteiger charge is -2.50. The molecule has 0 aromatic heterocycles. The highest BCUT2D eigenvalue weighted by molar-refractivity contribution is 5.94. The van der Waals surface area contributed by atoms with Gasteiger partial charge in [-0.3, -0.25) is 4.79 Å². The lowest BCUT2D eigenvalue weighted by Crippen LogP contribution is -2.54. The third-order valence-electron chi connectivity index (χ3n) is 4.99. The van der Waals surface area contributed by atoms with Crippen molar-refractivity contribution in [2.75, 3.05) is 13.1 Å². The van der Waals surface area contributed by atoms with Gasteiger partial charge < -0.3 is 10.6 Å². The Morgan fingerprint density at radius 2 is 2.05 bits per heavy atom. The molecule has 2 aliphatic rings. The highest BCUT2D eigenvalue weighted by Crippen LogP contribution is 2.47. The zero-order valence-corrected chi connectivity index (χ0v) is 12.5. The van der Waals surface area contributed by atoms with Crippen LogP contribution in [0.5, 0.6) is 0 Å². The van der Waals surface area contributed by atoms with Crippen molar-refractivity contribution in [3.8, 4) is 0 Å². The first kappa shape index (κ1) is 14.5. The first-order valence-electron chi connectivity index (χ1n) is 7.91. The van der Waals surface area contributed by atoms with E-state index in [4.69, 9.17) is 0 Å². The predicted molar refractivity (Wildman–Crippen MR) is 80.8 cm³/mol. The summed E-state index contributed by atoms with van der Waals surface area (Å²) >= 11 is 0. The summed E-state index contributed by atoms with van der Waals surface area (Å²) in [6.45, 7) is 4.14. The minimum absolute atomic E-state index is 0.141. The maximum absolute atomic E-state index is 13.5. The van der Waals surface area contributed by atoms with Gasteiger partial charge in [-0.05, 0) is 74.4 Å². The van der Waals surface area contributed by atoms with Crippen molar-refractivity contribution in [3.05, 3.63) is 35.1 Å². The summed E-state index contributed by atoms with van der Waals surface area (Å²) in [5.41, 5.74) is 1.75. The summed E-state index contributed by atoms with van der Waals surface area (Å²) in [4.78, 5) is 12.2. The van der Waals surface area contributed by atoms with E-state index in [-0.39, 0.29) is 17.8 Å². The molecule has 4 heteroatoms. The molecule has 2 fully saturated rings. The van der Waals surface area contributed by atoms with Crippen molar-refractivity contribution in [2.45, 2.75) is 45.1 Å². The summed E-state index contributed by atoms with van der Waals surface area (Å²) < 4.78 is 13.5. The Labute approximate surface area is 125 Å². The molecule has 0 unspecified atom stereocenters. The Balaban J connectivity index is 1.59. The number of carbonyl (C=O) groups excluding carboxylic acids is 1. The maximum atomic E-state index is 13.5. The highest BCUT2D eigenvalue weighted by atomic mass is 19.1. The van der Waals surface area contributed by atoms with Crippen LogP contribution in [-0.2, 0) is 6.42 Å². The summed E-state index contributed by atoms with van der Waals surface area (Å²) in [7, 11) is 0. The maximum Gasteiger partial charge on any atom is 0.251 e. The van der Waals surface area contributed by atoms with Gasteiger partial charge in [-0.1, -0.05) is 6.92 Å². The lowest BCUT2D eigenvalue weighted by molar-refractivity contribution is 0.0423. The zero-order valence-electron chi connectivity index (χ0n) is 12.5. The number of hydrogen-bond donors (Lipinski definition) is 2. The molecule has 114 valence electrons.